The molecule has 4 N–H and O–H groups in total. The van der Waals surface area contributed by atoms with Crippen LogP contribution in [0.3, 0.4) is 0 Å². The topological polar surface area (TPSA) is 92.4 Å². The Balaban J connectivity index is 2.16. The molecule has 0 bridgehead atoms. The zero-order valence-electron chi connectivity index (χ0n) is 9.83. The fraction of sp³-hybridized carbons (Fsp3) is 0.333. The molecule has 0 spiro atoms. The first-order valence-corrected chi connectivity index (χ1v) is 6.66. The summed E-state index contributed by atoms with van der Waals surface area (Å²) in [4.78, 5) is 22.0. The van der Waals surface area contributed by atoms with E-state index in [0.717, 1.165) is 5.69 Å². The molecule has 1 aromatic carbocycles. The number of thioether (sulfide) groups is 1. The number of aliphatic carboxylic acids is 1. The summed E-state index contributed by atoms with van der Waals surface area (Å²) in [5.74, 6) is -0.267. The predicted octanol–water partition coefficient (Wildman–Crippen LogP) is 1.16. The number of benzene rings is 1. The lowest BCUT2D eigenvalue weighted by Gasteiger charge is -2.06. The molecule has 0 saturated heterocycles. The Hall–Kier alpha value is -1.53. The molecule has 0 saturated carbocycles. The van der Waals surface area contributed by atoms with Crippen molar-refractivity contribution >= 4 is 29.3 Å². The van der Waals surface area contributed by atoms with Crippen molar-refractivity contribution in [2.45, 2.75) is 12.5 Å². The maximum atomic E-state index is 11.5. The number of carbonyl (C=O) groups excluding carboxylic acids is 1. The number of rotatable bonds is 7. The number of hydrogen-bond donors (Lipinski definition) is 3. The first-order valence-electron chi connectivity index (χ1n) is 5.50. The lowest BCUT2D eigenvalue weighted by molar-refractivity contribution is -0.138. The van der Waals surface area contributed by atoms with Crippen molar-refractivity contribution < 1.29 is 14.7 Å². The molecule has 1 amide bonds. The van der Waals surface area contributed by atoms with Crippen molar-refractivity contribution in [2.24, 2.45) is 5.73 Å². The predicted molar refractivity (Wildman–Crippen MR) is 72.6 cm³/mol. The number of para-hydroxylation sites is 1. The highest BCUT2D eigenvalue weighted by molar-refractivity contribution is 7.99. The maximum absolute atomic E-state index is 11.5. The monoisotopic (exact) mass is 268 g/mol. The second kappa shape index (κ2) is 7.73. The molecule has 0 heterocycles. The fourth-order valence-corrected chi connectivity index (χ4v) is 2.04. The second-order valence-electron chi connectivity index (χ2n) is 3.70. The second-order valence-corrected chi connectivity index (χ2v) is 4.81. The van der Waals surface area contributed by atoms with Gasteiger partial charge in [-0.1, -0.05) is 18.2 Å². The Morgan fingerprint density at radius 1 is 1.33 bits per heavy atom. The SMILES string of the molecule is NC(CCSCC(=O)Nc1ccccc1)C(=O)O. The van der Waals surface area contributed by atoms with Crippen LogP contribution < -0.4 is 11.1 Å². The standard InChI is InChI=1S/C12H16N2O3S/c13-10(12(16)17)6-7-18-8-11(15)14-9-4-2-1-3-5-9/h1-5,10H,6-8,13H2,(H,14,15)(H,16,17). The third-order valence-electron chi connectivity index (χ3n) is 2.18. The number of nitrogens with two attached hydrogens (primary N) is 1. The lowest BCUT2D eigenvalue weighted by Crippen LogP contribution is -2.30. The Bertz CT molecular complexity index is 398. The van der Waals surface area contributed by atoms with Gasteiger partial charge in [0.15, 0.2) is 0 Å². The van der Waals surface area contributed by atoms with Gasteiger partial charge < -0.3 is 16.2 Å². The number of anilines is 1. The van der Waals surface area contributed by atoms with Crippen LogP contribution in [0.4, 0.5) is 5.69 Å². The zero-order valence-corrected chi connectivity index (χ0v) is 10.7. The average molecular weight is 268 g/mol. The summed E-state index contributed by atoms with van der Waals surface area (Å²) in [6.45, 7) is 0. The molecule has 1 aromatic rings. The number of hydrogen-bond acceptors (Lipinski definition) is 4. The van der Waals surface area contributed by atoms with Gasteiger partial charge in [0, 0.05) is 5.69 Å². The minimum absolute atomic E-state index is 0.102. The molecule has 98 valence electrons. The van der Waals surface area contributed by atoms with Gasteiger partial charge in [0.1, 0.15) is 6.04 Å². The third kappa shape index (κ3) is 5.70. The number of carboxylic acid groups (broad SMARTS) is 1. The van der Waals surface area contributed by atoms with E-state index in [4.69, 9.17) is 10.8 Å². The van der Waals surface area contributed by atoms with Crippen molar-refractivity contribution in [3.63, 3.8) is 0 Å². The molecule has 0 radical (unpaired) electrons. The van der Waals surface area contributed by atoms with E-state index in [9.17, 15) is 9.59 Å². The van der Waals surface area contributed by atoms with Crippen molar-refractivity contribution in [1.82, 2.24) is 0 Å². The Labute approximate surface area is 110 Å². The Kier molecular flexibility index (Phi) is 6.24. The van der Waals surface area contributed by atoms with E-state index in [2.05, 4.69) is 5.32 Å². The smallest absolute Gasteiger partial charge is 0.320 e. The molecular formula is C12H16N2O3S. The first kappa shape index (κ1) is 14.5. The van der Waals surface area contributed by atoms with Crippen molar-refractivity contribution in [1.29, 1.82) is 0 Å². The quantitative estimate of drug-likeness (QED) is 0.645. The molecular weight excluding hydrogens is 252 g/mol. The van der Waals surface area contributed by atoms with E-state index in [-0.39, 0.29) is 5.91 Å². The molecule has 6 heteroatoms. The van der Waals surface area contributed by atoms with Crippen LogP contribution in [0.5, 0.6) is 0 Å². The van der Waals surface area contributed by atoms with Gasteiger partial charge in [-0.15, -0.1) is 0 Å². The number of amides is 1. The molecule has 0 aromatic heterocycles. The van der Waals surface area contributed by atoms with Crippen LogP contribution >= 0.6 is 11.8 Å². The molecule has 0 aliphatic rings. The van der Waals surface area contributed by atoms with E-state index in [1.165, 1.54) is 11.8 Å². The average Bonchev–Trinajstić information content (AvgIpc) is 2.35. The fourth-order valence-electron chi connectivity index (χ4n) is 1.22. The van der Waals surface area contributed by atoms with Crippen LogP contribution in [0.1, 0.15) is 6.42 Å². The van der Waals surface area contributed by atoms with Gasteiger partial charge in [0.2, 0.25) is 5.91 Å². The molecule has 1 rings (SSSR count). The largest absolute Gasteiger partial charge is 0.480 e. The highest BCUT2D eigenvalue weighted by atomic mass is 32.2. The van der Waals surface area contributed by atoms with Gasteiger partial charge >= 0.3 is 5.97 Å². The number of carboxylic acids is 1. The Morgan fingerprint density at radius 2 is 2.00 bits per heavy atom. The van der Waals surface area contributed by atoms with Gasteiger partial charge in [-0.25, -0.2) is 0 Å². The van der Waals surface area contributed by atoms with Crippen LogP contribution in [0.2, 0.25) is 0 Å². The van der Waals surface area contributed by atoms with Gasteiger partial charge in [0.25, 0.3) is 0 Å². The lowest BCUT2D eigenvalue weighted by atomic mass is 10.2. The molecule has 0 aliphatic heterocycles. The highest BCUT2D eigenvalue weighted by Crippen LogP contribution is 2.08. The molecule has 5 nitrogen and oxygen atoms in total. The molecule has 18 heavy (non-hydrogen) atoms. The van der Waals surface area contributed by atoms with Crippen LogP contribution in [-0.2, 0) is 9.59 Å². The molecule has 1 unspecified atom stereocenters. The summed E-state index contributed by atoms with van der Waals surface area (Å²) in [5.41, 5.74) is 6.10. The molecule has 1 atom stereocenters. The van der Waals surface area contributed by atoms with Crippen LogP contribution in [-0.4, -0.2) is 34.5 Å². The normalized spacial score (nSPS) is 11.8. The summed E-state index contributed by atoms with van der Waals surface area (Å²) in [7, 11) is 0. The number of carbonyl (C=O) groups is 2. The third-order valence-corrected chi connectivity index (χ3v) is 3.17. The van der Waals surface area contributed by atoms with Gasteiger partial charge in [0.05, 0.1) is 5.75 Å². The van der Waals surface area contributed by atoms with Crippen molar-refractivity contribution in [3.8, 4) is 0 Å². The van der Waals surface area contributed by atoms with E-state index < -0.39 is 12.0 Å². The number of nitrogens with one attached hydrogen (secondary N) is 1. The van der Waals surface area contributed by atoms with Gasteiger partial charge in [-0.2, -0.15) is 11.8 Å². The molecule has 0 fully saturated rings. The highest BCUT2D eigenvalue weighted by Gasteiger charge is 2.11. The van der Waals surface area contributed by atoms with E-state index in [1.807, 2.05) is 30.3 Å². The Morgan fingerprint density at radius 3 is 2.61 bits per heavy atom. The van der Waals surface area contributed by atoms with E-state index in [0.29, 0.717) is 17.9 Å². The summed E-state index contributed by atoms with van der Waals surface area (Å²) in [6, 6.07) is 8.32. The summed E-state index contributed by atoms with van der Waals surface area (Å²) >= 11 is 1.37. The maximum Gasteiger partial charge on any atom is 0.320 e. The zero-order chi connectivity index (χ0) is 13.4. The summed E-state index contributed by atoms with van der Waals surface area (Å²) < 4.78 is 0. The van der Waals surface area contributed by atoms with Crippen LogP contribution in [0, 0.1) is 0 Å². The minimum Gasteiger partial charge on any atom is -0.480 e. The van der Waals surface area contributed by atoms with Gasteiger partial charge in [-0.3, -0.25) is 9.59 Å². The first-order chi connectivity index (χ1) is 8.59. The van der Waals surface area contributed by atoms with Crippen LogP contribution in [0.25, 0.3) is 0 Å². The summed E-state index contributed by atoms with van der Waals surface area (Å²) in [6.07, 6.45) is 0.360. The van der Waals surface area contributed by atoms with Crippen molar-refractivity contribution in [2.75, 3.05) is 16.8 Å². The van der Waals surface area contributed by atoms with E-state index in [1.54, 1.807) is 0 Å². The molecule has 0 aliphatic carbocycles. The summed E-state index contributed by atoms with van der Waals surface area (Å²) in [5, 5.41) is 11.3. The van der Waals surface area contributed by atoms with E-state index >= 15 is 0 Å². The van der Waals surface area contributed by atoms with Crippen molar-refractivity contribution in [3.05, 3.63) is 30.3 Å². The minimum atomic E-state index is -1.01. The van der Waals surface area contributed by atoms with Gasteiger partial charge in [-0.05, 0) is 24.3 Å². The van der Waals surface area contributed by atoms with Crippen LogP contribution in [0.15, 0.2) is 30.3 Å².